The van der Waals surface area contributed by atoms with Gasteiger partial charge in [-0.3, -0.25) is 4.90 Å². The van der Waals surface area contributed by atoms with E-state index >= 15 is 0 Å². The first-order chi connectivity index (χ1) is 10.1. The van der Waals surface area contributed by atoms with Crippen molar-refractivity contribution in [1.29, 1.82) is 0 Å². The second-order valence-corrected chi connectivity index (χ2v) is 5.97. The molecule has 0 aliphatic carbocycles. The SMILES string of the molecule is COCCN(CC1CCCN1)C(C)c1ccc(C)c(F)c1. The molecule has 1 N–H and O–H groups in total. The molecule has 0 aromatic heterocycles. The molecule has 1 aromatic rings. The smallest absolute Gasteiger partial charge is 0.126 e. The fraction of sp³-hybridized carbons (Fsp3) is 0.647. The van der Waals surface area contributed by atoms with Crippen molar-refractivity contribution in [2.24, 2.45) is 0 Å². The number of benzene rings is 1. The quantitative estimate of drug-likeness (QED) is 0.837. The van der Waals surface area contributed by atoms with E-state index in [4.69, 9.17) is 4.74 Å². The van der Waals surface area contributed by atoms with Crippen LogP contribution in [0.2, 0.25) is 0 Å². The van der Waals surface area contributed by atoms with Gasteiger partial charge in [-0.2, -0.15) is 0 Å². The third-order valence-corrected chi connectivity index (χ3v) is 4.43. The highest BCUT2D eigenvalue weighted by atomic mass is 19.1. The average molecular weight is 294 g/mol. The van der Waals surface area contributed by atoms with Gasteiger partial charge < -0.3 is 10.1 Å². The molecule has 1 fully saturated rings. The standard InChI is InChI=1S/C17H27FN2O/c1-13-6-7-15(11-17(13)18)14(2)20(9-10-21-3)12-16-5-4-8-19-16/h6-7,11,14,16,19H,4-5,8-10,12H2,1-3H3. The normalized spacial score (nSPS) is 20.1. The van der Waals surface area contributed by atoms with Gasteiger partial charge in [0, 0.05) is 32.3 Å². The van der Waals surface area contributed by atoms with E-state index in [-0.39, 0.29) is 11.9 Å². The molecule has 0 amide bonds. The fourth-order valence-electron chi connectivity index (χ4n) is 2.93. The van der Waals surface area contributed by atoms with Gasteiger partial charge in [0.05, 0.1) is 6.61 Å². The predicted octanol–water partition coefficient (Wildman–Crippen LogP) is 2.90. The van der Waals surface area contributed by atoms with Crippen LogP contribution in [0, 0.1) is 12.7 Å². The Morgan fingerprint density at radius 2 is 2.29 bits per heavy atom. The molecule has 1 aromatic carbocycles. The van der Waals surface area contributed by atoms with Crippen LogP contribution in [0.5, 0.6) is 0 Å². The lowest BCUT2D eigenvalue weighted by Crippen LogP contribution is -2.40. The summed E-state index contributed by atoms with van der Waals surface area (Å²) in [6, 6.07) is 6.30. The van der Waals surface area contributed by atoms with Gasteiger partial charge in [0.2, 0.25) is 0 Å². The maximum atomic E-state index is 13.8. The van der Waals surface area contributed by atoms with Crippen LogP contribution >= 0.6 is 0 Å². The molecule has 2 rings (SSSR count). The van der Waals surface area contributed by atoms with Gasteiger partial charge in [0.1, 0.15) is 5.82 Å². The first kappa shape index (κ1) is 16.4. The number of halogens is 1. The Kier molecular flexibility index (Phi) is 6.15. The summed E-state index contributed by atoms with van der Waals surface area (Å²) >= 11 is 0. The van der Waals surface area contributed by atoms with Gasteiger partial charge in [0.15, 0.2) is 0 Å². The molecule has 2 atom stereocenters. The Labute approximate surface area is 127 Å². The lowest BCUT2D eigenvalue weighted by molar-refractivity contribution is 0.118. The molecule has 1 saturated heterocycles. The number of methoxy groups -OCH3 is 1. The molecule has 4 heteroatoms. The second-order valence-electron chi connectivity index (χ2n) is 5.97. The summed E-state index contributed by atoms with van der Waals surface area (Å²) in [6.45, 7) is 7.61. The Morgan fingerprint density at radius 1 is 1.48 bits per heavy atom. The van der Waals surface area contributed by atoms with Crippen molar-refractivity contribution in [3.05, 3.63) is 35.1 Å². The molecule has 118 valence electrons. The second kappa shape index (κ2) is 7.87. The summed E-state index contributed by atoms with van der Waals surface area (Å²) in [7, 11) is 1.72. The van der Waals surface area contributed by atoms with Crippen molar-refractivity contribution in [1.82, 2.24) is 10.2 Å². The van der Waals surface area contributed by atoms with E-state index in [2.05, 4.69) is 17.1 Å². The highest BCUT2D eigenvalue weighted by Gasteiger charge is 2.22. The summed E-state index contributed by atoms with van der Waals surface area (Å²) in [5.74, 6) is -0.120. The van der Waals surface area contributed by atoms with Crippen LogP contribution in [0.3, 0.4) is 0 Å². The number of rotatable bonds is 7. The van der Waals surface area contributed by atoms with Crippen LogP contribution in [0.1, 0.15) is 36.9 Å². The largest absolute Gasteiger partial charge is 0.383 e. The maximum Gasteiger partial charge on any atom is 0.126 e. The number of hydrogen-bond acceptors (Lipinski definition) is 3. The highest BCUT2D eigenvalue weighted by Crippen LogP contribution is 2.23. The van der Waals surface area contributed by atoms with E-state index in [0.29, 0.717) is 18.2 Å². The van der Waals surface area contributed by atoms with E-state index in [9.17, 15) is 4.39 Å². The van der Waals surface area contributed by atoms with Gasteiger partial charge in [-0.15, -0.1) is 0 Å². The highest BCUT2D eigenvalue weighted by molar-refractivity contribution is 5.25. The molecule has 0 radical (unpaired) electrons. The summed E-state index contributed by atoms with van der Waals surface area (Å²) < 4.78 is 19.0. The molecule has 0 spiro atoms. The molecular weight excluding hydrogens is 267 g/mol. The third-order valence-electron chi connectivity index (χ3n) is 4.43. The van der Waals surface area contributed by atoms with Gasteiger partial charge in [0.25, 0.3) is 0 Å². The van der Waals surface area contributed by atoms with Gasteiger partial charge >= 0.3 is 0 Å². The number of aryl methyl sites for hydroxylation is 1. The Balaban J connectivity index is 2.07. The van der Waals surface area contributed by atoms with Crippen molar-refractivity contribution < 1.29 is 9.13 Å². The minimum Gasteiger partial charge on any atom is -0.383 e. The zero-order chi connectivity index (χ0) is 15.2. The lowest BCUT2D eigenvalue weighted by atomic mass is 10.0. The molecule has 3 nitrogen and oxygen atoms in total. The summed E-state index contributed by atoms with van der Waals surface area (Å²) in [6.07, 6.45) is 2.47. The summed E-state index contributed by atoms with van der Waals surface area (Å²) in [5, 5.41) is 3.53. The van der Waals surface area contributed by atoms with Crippen LogP contribution in [0.4, 0.5) is 4.39 Å². The molecule has 1 aliphatic rings. The zero-order valence-corrected chi connectivity index (χ0v) is 13.4. The van der Waals surface area contributed by atoms with Crippen LogP contribution in [-0.4, -0.2) is 44.3 Å². The Hall–Kier alpha value is -0.970. The Morgan fingerprint density at radius 3 is 2.90 bits per heavy atom. The van der Waals surface area contributed by atoms with Crippen LogP contribution in [-0.2, 0) is 4.74 Å². The van der Waals surface area contributed by atoms with Crippen molar-refractivity contribution in [2.45, 2.75) is 38.8 Å². The number of nitrogens with one attached hydrogen (secondary N) is 1. The van der Waals surface area contributed by atoms with Gasteiger partial charge in [-0.25, -0.2) is 4.39 Å². The number of nitrogens with zero attached hydrogens (tertiary/aromatic N) is 1. The van der Waals surface area contributed by atoms with Crippen molar-refractivity contribution >= 4 is 0 Å². The molecule has 0 bridgehead atoms. The van der Waals surface area contributed by atoms with Crippen LogP contribution < -0.4 is 5.32 Å². The van der Waals surface area contributed by atoms with Crippen molar-refractivity contribution in [2.75, 3.05) is 33.4 Å². The molecule has 0 saturated carbocycles. The van der Waals surface area contributed by atoms with E-state index in [1.165, 1.54) is 12.8 Å². The minimum atomic E-state index is -0.120. The van der Waals surface area contributed by atoms with Gasteiger partial charge in [-0.05, 0) is 50.4 Å². The first-order valence-electron chi connectivity index (χ1n) is 7.84. The third kappa shape index (κ3) is 4.50. The molecular formula is C17H27FN2O. The molecule has 1 heterocycles. The average Bonchev–Trinajstić information content (AvgIpc) is 2.98. The van der Waals surface area contributed by atoms with Gasteiger partial charge in [-0.1, -0.05) is 12.1 Å². The monoisotopic (exact) mass is 294 g/mol. The van der Waals surface area contributed by atoms with E-state index in [1.54, 1.807) is 20.1 Å². The summed E-state index contributed by atoms with van der Waals surface area (Å²) in [4.78, 5) is 2.39. The van der Waals surface area contributed by atoms with E-state index in [1.807, 2.05) is 12.1 Å². The first-order valence-corrected chi connectivity index (χ1v) is 7.84. The molecule has 1 aliphatic heterocycles. The maximum absolute atomic E-state index is 13.8. The topological polar surface area (TPSA) is 24.5 Å². The Bertz CT molecular complexity index is 446. The number of hydrogen-bond donors (Lipinski definition) is 1. The number of ether oxygens (including phenoxy) is 1. The predicted molar refractivity (Wildman–Crippen MR) is 84.0 cm³/mol. The zero-order valence-electron chi connectivity index (χ0n) is 13.4. The lowest BCUT2D eigenvalue weighted by Gasteiger charge is -2.31. The molecule has 2 unspecified atom stereocenters. The van der Waals surface area contributed by atoms with Crippen molar-refractivity contribution in [3.8, 4) is 0 Å². The van der Waals surface area contributed by atoms with Crippen LogP contribution in [0.25, 0.3) is 0 Å². The van der Waals surface area contributed by atoms with Crippen LogP contribution in [0.15, 0.2) is 18.2 Å². The van der Waals surface area contributed by atoms with Crippen molar-refractivity contribution in [3.63, 3.8) is 0 Å². The van der Waals surface area contributed by atoms with E-state index < -0.39 is 0 Å². The fourth-order valence-corrected chi connectivity index (χ4v) is 2.93. The van der Waals surface area contributed by atoms with E-state index in [0.717, 1.165) is 25.2 Å². The molecule has 21 heavy (non-hydrogen) atoms. The summed E-state index contributed by atoms with van der Waals surface area (Å²) in [5.41, 5.74) is 1.74. The minimum absolute atomic E-state index is 0.120.